The number of hydrogen-bond donors (Lipinski definition) is 1. The van der Waals surface area contributed by atoms with Gasteiger partial charge in [0.25, 0.3) is 5.56 Å². The highest BCUT2D eigenvalue weighted by molar-refractivity contribution is 7.99. The molecule has 0 aliphatic heterocycles. The number of hydrogen-bond acceptors (Lipinski definition) is 6. The lowest BCUT2D eigenvalue weighted by Crippen LogP contribution is -2.27. The van der Waals surface area contributed by atoms with E-state index < -0.39 is 0 Å². The summed E-state index contributed by atoms with van der Waals surface area (Å²) >= 11 is 2.91. The van der Waals surface area contributed by atoms with Crippen LogP contribution in [0.5, 0.6) is 0 Å². The van der Waals surface area contributed by atoms with Crippen molar-refractivity contribution in [1.29, 1.82) is 0 Å². The second-order valence-electron chi connectivity index (χ2n) is 6.09. The second-order valence-corrected chi connectivity index (χ2v) is 8.01. The zero-order valence-corrected chi connectivity index (χ0v) is 16.4. The van der Waals surface area contributed by atoms with E-state index in [2.05, 4.69) is 15.5 Å². The van der Waals surface area contributed by atoms with Crippen LogP contribution in [0.4, 0.5) is 0 Å². The van der Waals surface area contributed by atoms with Gasteiger partial charge in [0.05, 0.1) is 22.7 Å². The van der Waals surface area contributed by atoms with Gasteiger partial charge in [0.1, 0.15) is 0 Å². The highest BCUT2D eigenvalue weighted by Gasteiger charge is 2.17. The van der Waals surface area contributed by atoms with Crippen molar-refractivity contribution in [3.8, 4) is 0 Å². The Morgan fingerprint density at radius 3 is 2.85 bits per heavy atom. The molecule has 9 heteroatoms. The average molecular weight is 400 g/mol. The lowest BCUT2D eigenvalue weighted by Gasteiger charge is -2.12. The van der Waals surface area contributed by atoms with Crippen LogP contribution >= 0.6 is 23.1 Å². The van der Waals surface area contributed by atoms with E-state index in [9.17, 15) is 9.59 Å². The standard InChI is InChI=1S/C18H17N5O2S2/c1-11(14-8-5-9-26-14)19-15(24)10-27-18-21-20-17-22(2)16(25)12-6-3-4-7-13(12)23(17)18/h3-9,11H,10H2,1-2H3,(H,19,24). The molecule has 1 atom stereocenters. The summed E-state index contributed by atoms with van der Waals surface area (Å²) in [4.78, 5) is 25.9. The molecule has 3 heterocycles. The molecule has 0 spiro atoms. The van der Waals surface area contributed by atoms with Gasteiger partial charge in [-0.1, -0.05) is 30.0 Å². The average Bonchev–Trinajstić information content (AvgIpc) is 3.34. The van der Waals surface area contributed by atoms with E-state index in [1.807, 2.05) is 47.0 Å². The van der Waals surface area contributed by atoms with Crippen molar-refractivity contribution in [2.75, 3.05) is 5.75 Å². The van der Waals surface area contributed by atoms with Gasteiger partial charge in [-0.3, -0.25) is 18.6 Å². The lowest BCUT2D eigenvalue weighted by molar-refractivity contribution is -0.119. The molecule has 0 saturated heterocycles. The molecule has 1 aromatic carbocycles. The Hall–Kier alpha value is -2.65. The molecule has 0 aliphatic rings. The molecule has 138 valence electrons. The summed E-state index contributed by atoms with van der Waals surface area (Å²) in [6, 6.07) is 11.3. The van der Waals surface area contributed by atoms with Gasteiger partial charge in [-0.2, -0.15) is 0 Å². The number of carbonyl (C=O) groups excluding carboxylic acids is 1. The number of nitrogens with one attached hydrogen (secondary N) is 1. The number of thiophene rings is 1. The Morgan fingerprint density at radius 1 is 1.26 bits per heavy atom. The number of amides is 1. The topological polar surface area (TPSA) is 81.3 Å². The van der Waals surface area contributed by atoms with E-state index in [-0.39, 0.29) is 23.3 Å². The van der Waals surface area contributed by atoms with E-state index in [0.29, 0.717) is 16.3 Å². The highest BCUT2D eigenvalue weighted by Crippen LogP contribution is 2.22. The molecule has 1 amide bonds. The zero-order valence-electron chi connectivity index (χ0n) is 14.7. The van der Waals surface area contributed by atoms with Crippen LogP contribution in [-0.4, -0.2) is 30.8 Å². The smallest absolute Gasteiger partial charge is 0.262 e. The van der Waals surface area contributed by atoms with E-state index >= 15 is 0 Å². The number of para-hydroxylation sites is 1. The molecule has 0 fully saturated rings. The molecule has 0 radical (unpaired) electrons. The SMILES string of the molecule is CC(NC(=O)CSc1nnc2n(C)c(=O)c3ccccc3n12)c1cccs1. The van der Waals surface area contributed by atoms with Crippen LogP contribution in [0.2, 0.25) is 0 Å². The molecular formula is C18H17N5O2S2. The third kappa shape index (κ3) is 3.24. The van der Waals surface area contributed by atoms with E-state index in [1.165, 1.54) is 16.3 Å². The van der Waals surface area contributed by atoms with E-state index in [0.717, 1.165) is 10.4 Å². The van der Waals surface area contributed by atoms with Crippen LogP contribution in [-0.2, 0) is 11.8 Å². The summed E-state index contributed by atoms with van der Waals surface area (Å²) in [6.07, 6.45) is 0. The molecule has 0 bridgehead atoms. The van der Waals surface area contributed by atoms with Crippen molar-refractivity contribution in [2.45, 2.75) is 18.1 Å². The van der Waals surface area contributed by atoms with Crippen molar-refractivity contribution in [3.05, 3.63) is 57.0 Å². The Bertz CT molecular complexity index is 1180. The first-order valence-corrected chi connectivity index (χ1v) is 10.2. The molecule has 4 rings (SSSR count). The third-order valence-electron chi connectivity index (χ3n) is 4.28. The summed E-state index contributed by atoms with van der Waals surface area (Å²) in [5.74, 6) is 0.591. The van der Waals surface area contributed by atoms with Crippen LogP contribution < -0.4 is 10.9 Å². The third-order valence-corrected chi connectivity index (χ3v) is 6.26. The molecule has 0 saturated carbocycles. The number of nitrogens with zero attached hydrogens (tertiary/aromatic N) is 4. The predicted octanol–water partition coefficient (Wildman–Crippen LogP) is 2.61. The van der Waals surface area contributed by atoms with Gasteiger partial charge in [-0.25, -0.2) is 0 Å². The maximum Gasteiger partial charge on any atom is 0.262 e. The minimum Gasteiger partial charge on any atom is -0.348 e. The first-order chi connectivity index (χ1) is 13.1. The maximum atomic E-state index is 12.5. The van der Waals surface area contributed by atoms with Gasteiger partial charge in [0.15, 0.2) is 5.16 Å². The lowest BCUT2D eigenvalue weighted by atomic mass is 10.2. The normalized spacial score (nSPS) is 12.5. The number of fused-ring (bicyclic) bond motifs is 3. The fourth-order valence-corrected chi connectivity index (χ4v) is 4.41. The first kappa shape index (κ1) is 17.7. The van der Waals surface area contributed by atoms with Crippen LogP contribution in [0.1, 0.15) is 17.8 Å². The second kappa shape index (κ2) is 7.16. The minimum atomic E-state index is -0.121. The van der Waals surface area contributed by atoms with Gasteiger partial charge in [-0.05, 0) is 30.5 Å². The van der Waals surface area contributed by atoms with Gasteiger partial charge in [0, 0.05) is 11.9 Å². The maximum absolute atomic E-state index is 12.5. The van der Waals surface area contributed by atoms with Crippen molar-refractivity contribution < 1.29 is 4.79 Å². The van der Waals surface area contributed by atoms with Crippen molar-refractivity contribution >= 4 is 45.7 Å². The number of aromatic nitrogens is 4. The summed E-state index contributed by atoms with van der Waals surface area (Å²) in [7, 11) is 1.67. The molecule has 1 unspecified atom stereocenters. The monoisotopic (exact) mass is 399 g/mol. The van der Waals surface area contributed by atoms with E-state index in [1.54, 1.807) is 24.5 Å². The summed E-state index contributed by atoms with van der Waals surface area (Å²) in [6.45, 7) is 1.96. The number of aryl methyl sites for hydroxylation is 1. The fraction of sp³-hybridized carbons (Fsp3) is 0.222. The molecule has 4 aromatic rings. The number of carbonyl (C=O) groups is 1. The van der Waals surface area contributed by atoms with Crippen LogP contribution in [0.15, 0.2) is 51.7 Å². The van der Waals surface area contributed by atoms with Crippen molar-refractivity contribution in [3.63, 3.8) is 0 Å². The highest BCUT2D eigenvalue weighted by atomic mass is 32.2. The molecule has 7 nitrogen and oxygen atoms in total. The number of thioether (sulfide) groups is 1. The quantitative estimate of drug-likeness (QED) is 0.522. The summed E-state index contributed by atoms with van der Waals surface area (Å²) in [5.41, 5.74) is 0.611. The largest absolute Gasteiger partial charge is 0.348 e. The van der Waals surface area contributed by atoms with Gasteiger partial charge in [-0.15, -0.1) is 21.5 Å². The fourth-order valence-electron chi connectivity index (χ4n) is 2.93. The molecule has 0 aliphatic carbocycles. The number of rotatable bonds is 5. The van der Waals surface area contributed by atoms with Crippen molar-refractivity contribution in [1.82, 2.24) is 24.5 Å². The number of benzene rings is 1. The molecular weight excluding hydrogens is 382 g/mol. The van der Waals surface area contributed by atoms with Crippen molar-refractivity contribution in [2.24, 2.45) is 7.05 Å². The predicted molar refractivity (Wildman–Crippen MR) is 107 cm³/mol. The van der Waals surface area contributed by atoms with Crippen LogP contribution in [0.25, 0.3) is 16.7 Å². The van der Waals surface area contributed by atoms with Gasteiger partial charge >= 0.3 is 0 Å². The van der Waals surface area contributed by atoms with E-state index in [4.69, 9.17) is 0 Å². The Morgan fingerprint density at radius 2 is 2.07 bits per heavy atom. The van der Waals surface area contributed by atoms with Gasteiger partial charge in [0.2, 0.25) is 11.7 Å². The zero-order chi connectivity index (χ0) is 19.0. The Labute approximate surface area is 163 Å². The minimum absolute atomic E-state index is 0.0325. The molecule has 3 aromatic heterocycles. The molecule has 27 heavy (non-hydrogen) atoms. The van der Waals surface area contributed by atoms with Crippen LogP contribution in [0.3, 0.4) is 0 Å². The van der Waals surface area contributed by atoms with Gasteiger partial charge < -0.3 is 5.32 Å². The Kier molecular flexibility index (Phi) is 4.71. The first-order valence-electron chi connectivity index (χ1n) is 8.34. The van der Waals surface area contributed by atoms with Crippen LogP contribution in [0, 0.1) is 0 Å². The molecule has 1 N–H and O–H groups in total. The Balaban J connectivity index is 1.60. The summed E-state index contributed by atoms with van der Waals surface area (Å²) < 4.78 is 3.29. The summed E-state index contributed by atoms with van der Waals surface area (Å²) in [5, 5.41) is 14.5.